The van der Waals surface area contributed by atoms with Gasteiger partial charge in [0.25, 0.3) is 5.91 Å². The summed E-state index contributed by atoms with van der Waals surface area (Å²) in [6.07, 6.45) is 5.54. The van der Waals surface area contributed by atoms with Crippen molar-refractivity contribution in [1.82, 2.24) is 9.88 Å². The van der Waals surface area contributed by atoms with E-state index in [0.29, 0.717) is 16.4 Å². The zero-order valence-corrected chi connectivity index (χ0v) is 12.4. The van der Waals surface area contributed by atoms with Crippen LogP contribution in [0.5, 0.6) is 0 Å². The van der Waals surface area contributed by atoms with Crippen LogP contribution in [-0.4, -0.2) is 28.9 Å². The number of nitrogen functional groups attached to an aromatic ring is 1. The Bertz CT molecular complexity index is 415. The van der Waals surface area contributed by atoms with Gasteiger partial charge in [-0.15, -0.1) is 0 Å². The number of carbonyl (C=O) groups is 1. The molecule has 0 aliphatic rings. The monoisotopic (exact) mass is 283 g/mol. The van der Waals surface area contributed by atoms with Crippen molar-refractivity contribution in [3.63, 3.8) is 0 Å². The highest BCUT2D eigenvalue weighted by Gasteiger charge is 2.18. The van der Waals surface area contributed by atoms with Gasteiger partial charge in [-0.1, -0.05) is 38.3 Å². The number of nitrogens with two attached hydrogens (primary N) is 1. The smallest absolute Gasteiger partial charge is 0.255 e. The van der Waals surface area contributed by atoms with Crippen LogP contribution < -0.4 is 5.73 Å². The molecule has 1 aromatic heterocycles. The first kappa shape index (κ1) is 15.8. The topological polar surface area (TPSA) is 59.2 Å². The maximum absolute atomic E-state index is 12.5. The first-order valence-corrected chi connectivity index (χ1v) is 7.18. The molecular weight excluding hydrogens is 262 g/mol. The molecule has 0 saturated heterocycles. The number of aromatic nitrogens is 1. The van der Waals surface area contributed by atoms with Crippen LogP contribution in [0.3, 0.4) is 0 Å². The van der Waals surface area contributed by atoms with Gasteiger partial charge in [0.1, 0.15) is 5.82 Å². The van der Waals surface area contributed by atoms with E-state index in [0.717, 1.165) is 38.8 Å². The van der Waals surface area contributed by atoms with E-state index in [4.69, 9.17) is 17.3 Å². The summed E-state index contributed by atoms with van der Waals surface area (Å²) in [6.45, 7) is 5.74. The molecule has 1 rings (SSSR count). The summed E-state index contributed by atoms with van der Waals surface area (Å²) in [5.41, 5.74) is 6.07. The lowest BCUT2D eigenvalue weighted by Crippen LogP contribution is -2.33. The number of pyridine rings is 1. The number of unbranched alkanes of at least 4 members (excludes halogenated alkanes) is 2. The van der Waals surface area contributed by atoms with E-state index in [-0.39, 0.29) is 5.91 Å². The van der Waals surface area contributed by atoms with Crippen LogP contribution in [-0.2, 0) is 0 Å². The summed E-state index contributed by atoms with van der Waals surface area (Å²) in [7, 11) is 0. The summed E-state index contributed by atoms with van der Waals surface area (Å²) in [5, 5.41) is 0.359. The number of nitrogens with zero attached hydrogens (tertiary/aromatic N) is 2. The maximum atomic E-state index is 12.5. The first-order chi connectivity index (χ1) is 9.10. The molecule has 1 aromatic rings. The van der Waals surface area contributed by atoms with Crippen molar-refractivity contribution in [2.24, 2.45) is 0 Å². The Labute approximate surface area is 120 Å². The fraction of sp³-hybridized carbons (Fsp3) is 0.571. The molecule has 19 heavy (non-hydrogen) atoms. The minimum absolute atomic E-state index is 0.0546. The minimum Gasteiger partial charge on any atom is -0.384 e. The molecule has 106 valence electrons. The Balaban J connectivity index is 2.87. The Kier molecular flexibility index (Phi) is 6.64. The molecule has 4 nitrogen and oxygen atoms in total. The molecule has 0 atom stereocenters. The number of carbonyl (C=O) groups excluding carboxylic acids is 1. The predicted octanol–water partition coefficient (Wildman–Crippen LogP) is 3.36. The second kappa shape index (κ2) is 8.00. The molecule has 0 unspecified atom stereocenters. The highest BCUT2D eigenvalue weighted by atomic mass is 35.5. The van der Waals surface area contributed by atoms with Crippen LogP contribution in [0.2, 0.25) is 5.02 Å². The molecule has 0 aliphatic carbocycles. The van der Waals surface area contributed by atoms with Gasteiger partial charge in [-0.2, -0.15) is 0 Å². The highest BCUT2D eigenvalue weighted by molar-refractivity contribution is 6.33. The zero-order valence-electron chi connectivity index (χ0n) is 11.7. The van der Waals surface area contributed by atoms with Crippen molar-refractivity contribution in [3.05, 3.63) is 22.8 Å². The van der Waals surface area contributed by atoms with E-state index in [1.54, 1.807) is 6.07 Å². The van der Waals surface area contributed by atoms with E-state index in [1.165, 1.54) is 6.20 Å². The maximum Gasteiger partial charge on any atom is 0.255 e. The number of hydrogen-bond acceptors (Lipinski definition) is 3. The summed E-state index contributed by atoms with van der Waals surface area (Å²) in [6, 6.07) is 1.55. The average molecular weight is 284 g/mol. The van der Waals surface area contributed by atoms with Crippen molar-refractivity contribution in [1.29, 1.82) is 0 Å². The lowest BCUT2D eigenvalue weighted by atomic mass is 10.2. The van der Waals surface area contributed by atoms with Crippen molar-refractivity contribution in [2.75, 3.05) is 18.8 Å². The van der Waals surface area contributed by atoms with Gasteiger partial charge in [0.2, 0.25) is 0 Å². The summed E-state index contributed by atoms with van der Waals surface area (Å²) in [5.74, 6) is 0.264. The standard InChI is InChI=1S/C14H22ClN3O/c1-3-5-7-18(8-6-4-2)14(19)11-9-13(16)17-10-12(11)15/h9-10H,3-8H2,1-2H3,(H2,16,17). The highest BCUT2D eigenvalue weighted by Crippen LogP contribution is 2.19. The Morgan fingerprint density at radius 3 is 2.42 bits per heavy atom. The lowest BCUT2D eigenvalue weighted by molar-refractivity contribution is 0.0751. The molecule has 0 aliphatic heterocycles. The third-order valence-corrected chi connectivity index (χ3v) is 3.26. The fourth-order valence-electron chi connectivity index (χ4n) is 1.80. The van der Waals surface area contributed by atoms with Gasteiger partial charge in [0.15, 0.2) is 0 Å². The third kappa shape index (κ3) is 4.71. The SMILES string of the molecule is CCCCN(CCCC)C(=O)c1cc(N)ncc1Cl. The van der Waals surface area contributed by atoms with Gasteiger partial charge < -0.3 is 10.6 Å². The minimum atomic E-state index is -0.0546. The Hall–Kier alpha value is -1.29. The van der Waals surface area contributed by atoms with Crippen LogP contribution in [0.15, 0.2) is 12.3 Å². The van der Waals surface area contributed by atoms with Gasteiger partial charge in [0.05, 0.1) is 10.6 Å². The molecular formula is C14H22ClN3O. The van der Waals surface area contributed by atoms with E-state index >= 15 is 0 Å². The fourth-order valence-corrected chi connectivity index (χ4v) is 1.99. The molecule has 0 spiro atoms. The van der Waals surface area contributed by atoms with E-state index in [9.17, 15) is 4.79 Å². The second-order valence-electron chi connectivity index (χ2n) is 4.59. The summed E-state index contributed by atoms with van der Waals surface area (Å²) < 4.78 is 0. The van der Waals surface area contributed by atoms with Crippen LogP contribution in [0.25, 0.3) is 0 Å². The molecule has 0 radical (unpaired) electrons. The number of hydrogen-bond donors (Lipinski definition) is 1. The van der Waals surface area contributed by atoms with Crippen molar-refractivity contribution < 1.29 is 4.79 Å². The van der Waals surface area contributed by atoms with Gasteiger partial charge in [0, 0.05) is 19.3 Å². The van der Waals surface area contributed by atoms with Gasteiger partial charge in [-0.3, -0.25) is 4.79 Å². The molecule has 5 heteroatoms. The van der Waals surface area contributed by atoms with Gasteiger partial charge >= 0.3 is 0 Å². The number of halogens is 1. The molecule has 0 bridgehead atoms. The van der Waals surface area contributed by atoms with Crippen molar-refractivity contribution in [2.45, 2.75) is 39.5 Å². The normalized spacial score (nSPS) is 10.5. The van der Waals surface area contributed by atoms with E-state index in [2.05, 4.69) is 18.8 Å². The molecule has 2 N–H and O–H groups in total. The lowest BCUT2D eigenvalue weighted by Gasteiger charge is -2.23. The predicted molar refractivity (Wildman–Crippen MR) is 79.4 cm³/mol. The Morgan fingerprint density at radius 2 is 1.89 bits per heavy atom. The van der Waals surface area contributed by atoms with E-state index in [1.807, 2.05) is 4.90 Å². The Morgan fingerprint density at radius 1 is 1.32 bits per heavy atom. The number of amides is 1. The zero-order chi connectivity index (χ0) is 14.3. The van der Waals surface area contributed by atoms with Crippen LogP contribution in [0, 0.1) is 0 Å². The first-order valence-electron chi connectivity index (χ1n) is 6.80. The molecule has 0 fully saturated rings. The van der Waals surface area contributed by atoms with Crippen molar-refractivity contribution in [3.8, 4) is 0 Å². The van der Waals surface area contributed by atoms with Crippen LogP contribution >= 0.6 is 11.6 Å². The van der Waals surface area contributed by atoms with E-state index < -0.39 is 0 Å². The number of anilines is 1. The largest absolute Gasteiger partial charge is 0.384 e. The van der Waals surface area contributed by atoms with Crippen LogP contribution in [0.4, 0.5) is 5.82 Å². The molecule has 1 heterocycles. The molecule has 1 amide bonds. The number of rotatable bonds is 7. The quantitative estimate of drug-likeness (QED) is 0.835. The second-order valence-corrected chi connectivity index (χ2v) is 5.00. The summed E-state index contributed by atoms with van der Waals surface area (Å²) >= 11 is 6.04. The van der Waals surface area contributed by atoms with Gasteiger partial charge in [-0.05, 0) is 18.9 Å². The summed E-state index contributed by atoms with van der Waals surface area (Å²) in [4.78, 5) is 18.2. The molecule has 0 saturated carbocycles. The molecule has 0 aromatic carbocycles. The van der Waals surface area contributed by atoms with Crippen LogP contribution in [0.1, 0.15) is 49.9 Å². The van der Waals surface area contributed by atoms with Crippen molar-refractivity contribution >= 4 is 23.3 Å². The third-order valence-electron chi connectivity index (χ3n) is 2.96. The van der Waals surface area contributed by atoms with Gasteiger partial charge in [-0.25, -0.2) is 4.98 Å². The average Bonchev–Trinajstić information content (AvgIpc) is 2.41.